The number of carbonyl (C=O) groups excluding carboxylic acids is 1. The molecule has 0 unspecified atom stereocenters. The normalized spacial score (nSPS) is 10.2. The van der Waals surface area contributed by atoms with Crippen LogP contribution in [0.4, 0.5) is 17.5 Å². The van der Waals surface area contributed by atoms with Gasteiger partial charge in [-0.25, -0.2) is 4.98 Å². The van der Waals surface area contributed by atoms with Crippen molar-refractivity contribution in [2.24, 2.45) is 0 Å². The molecule has 0 spiro atoms. The predicted octanol–water partition coefficient (Wildman–Crippen LogP) is 2.75. The molecule has 6 N–H and O–H groups in total. The Hall–Kier alpha value is -3.18. The molecule has 178 valence electrons. The summed E-state index contributed by atoms with van der Waals surface area (Å²) >= 11 is 11.3. The topological polar surface area (TPSA) is 140 Å². The number of halogens is 1. The highest BCUT2D eigenvalue weighted by Crippen LogP contribution is 2.24. The van der Waals surface area contributed by atoms with E-state index < -0.39 is 5.97 Å². The zero-order valence-electron chi connectivity index (χ0n) is 18.3. The molecule has 0 aliphatic carbocycles. The second kappa shape index (κ2) is 14.1. The van der Waals surface area contributed by atoms with E-state index in [4.69, 9.17) is 28.9 Å². The highest BCUT2D eigenvalue weighted by molar-refractivity contribution is 7.80. The van der Waals surface area contributed by atoms with Crippen molar-refractivity contribution in [1.82, 2.24) is 25.9 Å². The van der Waals surface area contributed by atoms with E-state index in [1.807, 2.05) is 19.1 Å². The fourth-order valence-electron chi connectivity index (χ4n) is 2.60. The van der Waals surface area contributed by atoms with Crippen molar-refractivity contribution >= 4 is 58.3 Å². The standard InChI is InChI=1S/C21H28ClN7O3S/c1-2-9-24-19(32)14-13-27-20(28-16-7-4-3-6-15(16)22)29-18(14)23-10-5-11-25-21(33)26-12-8-17(30)31/h3-4,6-7,13H,2,5,8-12H2,1H3,(H,24,32)(H,30,31)(H2,25,26,33)(H2,23,27,28,29). The number of carbonyl (C=O) groups is 2. The number of thiocarbonyl (C=S) groups is 1. The van der Waals surface area contributed by atoms with E-state index >= 15 is 0 Å². The lowest BCUT2D eigenvalue weighted by Crippen LogP contribution is -2.37. The van der Waals surface area contributed by atoms with Crippen LogP contribution in [0.15, 0.2) is 30.5 Å². The van der Waals surface area contributed by atoms with Gasteiger partial charge in [0.25, 0.3) is 5.91 Å². The van der Waals surface area contributed by atoms with Gasteiger partial charge in [0.05, 0.1) is 17.1 Å². The van der Waals surface area contributed by atoms with E-state index in [9.17, 15) is 9.59 Å². The SMILES string of the molecule is CCCNC(=O)c1cnc(Nc2ccccc2Cl)nc1NCCCNC(=S)NCCC(=O)O. The third kappa shape index (κ3) is 9.46. The summed E-state index contributed by atoms with van der Waals surface area (Å²) in [7, 11) is 0. The number of hydrogen-bond acceptors (Lipinski definition) is 7. The number of carboxylic acid groups (broad SMARTS) is 1. The van der Waals surface area contributed by atoms with Crippen LogP contribution in [0.5, 0.6) is 0 Å². The summed E-state index contributed by atoms with van der Waals surface area (Å²) in [4.78, 5) is 31.8. The molecule has 2 aromatic rings. The smallest absolute Gasteiger partial charge is 0.305 e. The van der Waals surface area contributed by atoms with Crippen molar-refractivity contribution in [2.75, 3.05) is 36.8 Å². The van der Waals surface area contributed by atoms with Crippen molar-refractivity contribution in [3.63, 3.8) is 0 Å². The molecule has 0 atom stereocenters. The van der Waals surface area contributed by atoms with Crippen LogP contribution in [-0.4, -0.2) is 58.2 Å². The number of carboxylic acids is 1. The number of benzene rings is 1. The lowest BCUT2D eigenvalue weighted by molar-refractivity contribution is -0.136. The van der Waals surface area contributed by atoms with Crippen LogP contribution in [0.2, 0.25) is 5.02 Å². The molecule has 10 nitrogen and oxygen atoms in total. The van der Waals surface area contributed by atoms with Gasteiger partial charge in [0, 0.05) is 32.4 Å². The Kier molecular flexibility index (Phi) is 11.1. The minimum Gasteiger partial charge on any atom is -0.481 e. The van der Waals surface area contributed by atoms with E-state index in [1.54, 1.807) is 12.1 Å². The second-order valence-electron chi connectivity index (χ2n) is 6.92. The van der Waals surface area contributed by atoms with Gasteiger partial charge in [0.2, 0.25) is 5.95 Å². The van der Waals surface area contributed by atoms with E-state index in [2.05, 4.69) is 36.6 Å². The Morgan fingerprint density at radius 2 is 1.85 bits per heavy atom. The van der Waals surface area contributed by atoms with Crippen molar-refractivity contribution in [3.05, 3.63) is 41.0 Å². The van der Waals surface area contributed by atoms with Crippen LogP contribution < -0.4 is 26.6 Å². The van der Waals surface area contributed by atoms with Crippen LogP contribution in [0.3, 0.4) is 0 Å². The number of rotatable bonds is 13. The van der Waals surface area contributed by atoms with Crippen molar-refractivity contribution < 1.29 is 14.7 Å². The lowest BCUT2D eigenvalue weighted by Gasteiger charge is -2.14. The molecule has 1 amide bonds. The molecule has 0 radical (unpaired) electrons. The largest absolute Gasteiger partial charge is 0.481 e. The van der Waals surface area contributed by atoms with Gasteiger partial charge < -0.3 is 31.7 Å². The molecular formula is C21H28ClN7O3S. The van der Waals surface area contributed by atoms with Crippen LogP contribution >= 0.6 is 23.8 Å². The highest BCUT2D eigenvalue weighted by Gasteiger charge is 2.15. The Labute approximate surface area is 202 Å². The molecule has 0 saturated carbocycles. The number of para-hydroxylation sites is 1. The summed E-state index contributed by atoms with van der Waals surface area (Å²) in [6, 6.07) is 7.22. The average molecular weight is 494 g/mol. The van der Waals surface area contributed by atoms with Gasteiger partial charge in [0.15, 0.2) is 5.11 Å². The van der Waals surface area contributed by atoms with Crippen molar-refractivity contribution in [3.8, 4) is 0 Å². The number of aromatic nitrogens is 2. The second-order valence-corrected chi connectivity index (χ2v) is 7.74. The maximum atomic E-state index is 12.5. The van der Waals surface area contributed by atoms with Gasteiger partial charge in [-0.3, -0.25) is 9.59 Å². The highest BCUT2D eigenvalue weighted by atomic mass is 35.5. The molecule has 1 aromatic carbocycles. The Morgan fingerprint density at radius 1 is 1.09 bits per heavy atom. The number of anilines is 3. The molecule has 1 aromatic heterocycles. The summed E-state index contributed by atoms with van der Waals surface area (Å²) in [6.45, 7) is 3.85. The van der Waals surface area contributed by atoms with E-state index in [-0.39, 0.29) is 18.9 Å². The maximum Gasteiger partial charge on any atom is 0.305 e. The monoisotopic (exact) mass is 493 g/mol. The van der Waals surface area contributed by atoms with Gasteiger partial charge in [-0.15, -0.1) is 0 Å². The molecule has 1 heterocycles. The number of aliphatic carboxylic acids is 1. The maximum absolute atomic E-state index is 12.5. The van der Waals surface area contributed by atoms with E-state index in [1.165, 1.54) is 6.20 Å². The van der Waals surface area contributed by atoms with Gasteiger partial charge >= 0.3 is 5.97 Å². The summed E-state index contributed by atoms with van der Waals surface area (Å²) in [6.07, 6.45) is 2.95. The first-order valence-electron chi connectivity index (χ1n) is 10.5. The fraction of sp³-hybridized carbons (Fsp3) is 0.381. The number of amides is 1. The van der Waals surface area contributed by atoms with Crippen LogP contribution in [0, 0.1) is 0 Å². The molecule has 0 aliphatic heterocycles. The number of nitrogens with zero attached hydrogens (tertiary/aromatic N) is 2. The summed E-state index contributed by atoms with van der Waals surface area (Å²) in [5, 5.41) is 24.5. The van der Waals surface area contributed by atoms with Crippen LogP contribution in [0.25, 0.3) is 0 Å². The van der Waals surface area contributed by atoms with Gasteiger partial charge in [-0.05, 0) is 37.2 Å². The van der Waals surface area contributed by atoms with E-state index in [0.717, 1.165) is 6.42 Å². The molecule has 12 heteroatoms. The summed E-state index contributed by atoms with van der Waals surface area (Å²) in [5.74, 6) is -0.443. The third-order valence-corrected chi connectivity index (χ3v) is 4.86. The molecule has 0 fully saturated rings. The number of hydrogen-bond donors (Lipinski definition) is 6. The first-order chi connectivity index (χ1) is 15.9. The van der Waals surface area contributed by atoms with Crippen molar-refractivity contribution in [1.29, 1.82) is 0 Å². The van der Waals surface area contributed by atoms with Gasteiger partial charge in [-0.2, -0.15) is 4.98 Å². The molecule has 2 rings (SSSR count). The molecule has 0 saturated heterocycles. The number of nitrogens with one attached hydrogen (secondary N) is 5. The lowest BCUT2D eigenvalue weighted by atomic mass is 10.2. The zero-order valence-corrected chi connectivity index (χ0v) is 19.9. The van der Waals surface area contributed by atoms with Gasteiger partial charge in [0.1, 0.15) is 11.4 Å². The first-order valence-corrected chi connectivity index (χ1v) is 11.3. The molecular weight excluding hydrogens is 466 g/mol. The quantitative estimate of drug-likeness (QED) is 0.182. The minimum atomic E-state index is -0.887. The Bertz CT molecular complexity index is 961. The van der Waals surface area contributed by atoms with Crippen LogP contribution in [0.1, 0.15) is 36.5 Å². The average Bonchev–Trinajstić information content (AvgIpc) is 2.78. The molecule has 0 aliphatic rings. The van der Waals surface area contributed by atoms with Crippen molar-refractivity contribution in [2.45, 2.75) is 26.2 Å². The minimum absolute atomic E-state index is 0.00940. The predicted molar refractivity (Wildman–Crippen MR) is 133 cm³/mol. The van der Waals surface area contributed by atoms with Crippen LogP contribution in [-0.2, 0) is 4.79 Å². The Balaban J connectivity index is 1.96. The van der Waals surface area contributed by atoms with Gasteiger partial charge in [-0.1, -0.05) is 30.7 Å². The first kappa shape index (κ1) is 26.1. The zero-order chi connectivity index (χ0) is 24.1. The summed E-state index contributed by atoms with van der Waals surface area (Å²) < 4.78 is 0. The fourth-order valence-corrected chi connectivity index (χ4v) is 2.99. The Morgan fingerprint density at radius 3 is 2.58 bits per heavy atom. The molecule has 33 heavy (non-hydrogen) atoms. The third-order valence-electron chi connectivity index (χ3n) is 4.25. The molecule has 0 bridgehead atoms. The summed E-state index contributed by atoms with van der Waals surface area (Å²) in [5.41, 5.74) is 0.994. The van der Waals surface area contributed by atoms with E-state index in [0.29, 0.717) is 59.2 Å².